The maximum Gasteiger partial charge on any atom is 0.251 e. The summed E-state index contributed by atoms with van der Waals surface area (Å²) in [5.41, 5.74) is 5.30. The van der Waals surface area contributed by atoms with Crippen molar-refractivity contribution in [2.24, 2.45) is 0 Å². The van der Waals surface area contributed by atoms with Crippen LogP contribution in [0.15, 0.2) is 42.5 Å². The van der Waals surface area contributed by atoms with E-state index in [1.54, 1.807) is 4.90 Å². The van der Waals surface area contributed by atoms with Crippen molar-refractivity contribution in [3.05, 3.63) is 53.6 Å². The zero-order valence-corrected chi connectivity index (χ0v) is 19.1. The Hall–Kier alpha value is -3.21. The van der Waals surface area contributed by atoms with Crippen LogP contribution in [0.4, 0.5) is 5.69 Å². The standard InChI is InChI=1S/C26H30N4O3/c1-17-11-12-33-24(16-28-17)26(32)29-22(15-27)13-18-3-5-19(6-4-18)20-7-9-23-21(14-20)8-10-25(31)30(23)2/h3-7,9,14,17,22,24,28H,8,10-13,16H2,1-2H3,(H,29,32). The molecule has 2 amide bonds. The van der Waals surface area contributed by atoms with Gasteiger partial charge in [0.15, 0.2) is 0 Å². The maximum absolute atomic E-state index is 12.6. The van der Waals surface area contributed by atoms with Gasteiger partial charge in [0.05, 0.1) is 6.07 Å². The van der Waals surface area contributed by atoms with E-state index >= 15 is 0 Å². The molecular weight excluding hydrogens is 416 g/mol. The smallest absolute Gasteiger partial charge is 0.251 e. The number of ether oxygens (including phenoxy) is 1. The molecule has 33 heavy (non-hydrogen) atoms. The Balaban J connectivity index is 1.39. The van der Waals surface area contributed by atoms with Crippen molar-refractivity contribution in [1.82, 2.24) is 10.6 Å². The molecule has 2 heterocycles. The lowest BCUT2D eigenvalue weighted by Gasteiger charge is -2.26. The number of rotatable bonds is 5. The van der Waals surface area contributed by atoms with E-state index in [1.807, 2.05) is 43.4 Å². The van der Waals surface area contributed by atoms with Crippen LogP contribution in [-0.2, 0) is 27.2 Å². The highest BCUT2D eigenvalue weighted by Crippen LogP contribution is 2.31. The molecule has 0 aliphatic carbocycles. The summed E-state index contributed by atoms with van der Waals surface area (Å²) < 4.78 is 5.64. The summed E-state index contributed by atoms with van der Waals surface area (Å²) in [4.78, 5) is 26.2. The molecule has 7 heteroatoms. The molecule has 3 unspecified atom stereocenters. The molecular formula is C26H30N4O3. The average molecular weight is 447 g/mol. The molecule has 0 aromatic heterocycles. The van der Waals surface area contributed by atoms with Gasteiger partial charge in [0.1, 0.15) is 12.1 Å². The number of aryl methyl sites for hydroxylation is 1. The van der Waals surface area contributed by atoms with Gasteiger partial charge in [-0.2, -0.15) is 5.26 Å². The first kappa shape index (κ1) is 23.0. The molecule has 7 nitrogen and oxygen atoms in total. The molecule has 0 bridgehead atoms. The van der Waals surface area contributed by atoms with Crippen molar-refractivity contribution in [2.75, 3.05) is 25.1 Å². The summed E-state index contributed by atoms with van der Waals surface area (Å²) in [5.74, 6) is -0.104. The first-order valence-corrected chi connectivity index (χ1v) is 11.5. The number of carbonyl (C=O) groups is 2. The van der Waals surface area contributed by atoms with Gasteiger partial charge >= 0.3 is 0 Å². The molecule has 4 rings (SSSR count). The largest absolute Gasteiger partial charge is 0.367 e. The minimum absolute atomic E-state index is 0.148. The fourth-order valence-electron chi connectivity index (χ4n) is 4.32. The quantitative estimate of drug-likeness (QED) is 0.736. The minimum atomic E-state index is -0.621. The number of fused-ring (bicyclic) bond motifs is 1. The van der Waals surface area contributed by atoms with Crippen LogP contribution in [0.2, 0.25) is 0 Å². The number of nitrogens with zero attached hydrogens (tertiary/aromatic N) is 2. The van der Waals surface area contributed by atoms with Gasteiger partial charge in [-0.05, 0) is 54.2 Å². The first-order valence-electron chi connectivity index (χ1n) is 11.5. The van der Waals surface area contributed by atoms with Crippen LogP contribution in [0, 0.1) is 11.3 Å². The number of nitrogens with one attached hydrogen (secondary N) is 2. The molecule has 2 aliphatic heterocycles. The number of anilines is 1. The molecule has 2 N–H and O–H groups in total. The van der Waals surface area contributed by atoms with E-state index in [4.69, 9.17) is 4.74 Å². The van der Waals surface area contributed by atoms with Crippen molar-refractivity contribution < 1.29 is 14.3 Å². The molecule has 0 radical (unpaired) electrons. The van der Waals surface area contributed by atoms with Crippen LogP contribution in [0.25, 0.3) is 11.1 Å². The molecule has 1 saturated heterocycles. The lowest BCUT2D eigenvalue weighted by Crippen LogP contribution is -2.46. The Morgan fingerprint density at radius 1 is 1.24 bits per heavy atom. The van der Waals surface area contributed by atoms with E-state index < -0.39 is 12.1 Å². The Kier molecular flexibility index (Phi) is 7.07. The number of carbonyl (C=O) groups excluding carboxylic acids is 2. The lowest BCUT2D eigenvalue weighted by molar-refractivity contribution is -0.132. The number of amides is 2. The fourth-order valence-corrected chi connectivity index (χ4v) is 4.32. The molecule has 0 saturated carbocycles. The Morgan fingerprint density at radius 3 is 2.76 bits per heavy atom. The molecule has 3 atom stereocenters. The number of benzene rings is 2. The molecule has 1 fully saturated rings. The topological polar surface area (TPSA) is 94.5 Å². The van der Waals surface area contributed by atoms with Crippen molar-refractivity contribution in [3.63, 3.8) is 0 Å². The average Bonchev–Trinajstić information content (AvgIpc) is 3.05. The summed E-state index contributed by atoms with van der Waals surface area (Å²) in [7, 11) is 1.82. The molecule has 2 aromatic rings. The van der Waals surface area contributed by atoms with Crippen LogP contribution in [-0.4, -0.2) is 50.2 Å². The van der Waals surface area contributed by atoms with Crippen LogP contribution in [0.3, 0.4) is 0 Å². The van der Waals surface area contributed by atoms with Gasteiger partial charge in [0, 0.05) is 44.8 Å². The highest BCUT2D eigenvalue weighted by Gasteiger charge is 2.25. The maximum atomic E-state index is 12.6. The second-order valence-electron chi connectivity index (χ2n) is 8.84. The van der Waals surface area contributed by atoms with Crippen molar-refractivity contribution in [3.8, 4) is 17.2 Å². The Morgan fingerprint density at radius 2 is 2.00 bits per heavy atom. The van der Waals surface area contributed by atoms with Gasteiger partial charge in [0.25, 0.3) is 5.91 Å². The number of nitriles is 1. The fraction of sp³-hybridized carbons (Fsp3) is 0.423. The van der Waals surface area contributed by atoms with Crippen molar-refractivity contribution >= 4 is 17.5 Å². The SMILES string of the molecule is CC1CCOC(C(=O)NC(C#N)Cc2ccc(-c3ccc4c(c3)CCC(=O)N4C)cc2)CN1. The van der Waals surface area contributed by atoms with E-state index in [9.17, 15) is 14.9 Å². The van der Waals surface area contributed by atoms with Gasteiger partial charge in [-0.25, -0.2) is 0 Å². The summed E-state index contributed by atoms with van der Waals surface area (Å²) in [6.07, 6.45) is 2.00. The normalized spacial score (nSPS) is 21.5. The molecule has 2 aliphatic rings. The monoisotopic (exact) mass is 446 g/mol. The van der Waals surface area contributed by atoms with Gasteiger partial charge in [0.2, 0.25) is 5.91 Å². The van der Waals surface area contributed by atoms with Gasteiger partial charge in [-0.3, -0.25) is 9.59 Å². The third kappa shape index (κ3) is 5.41. The minimum Gasteiger partial charge on any atom is -0.367 e. The highest BCUT2D eigenvalue weighted by atomic mass is 16.5. The van der Waals surface area contributed by atoms with E-state index in [2.05, 4.69) is 29.7 Å². The van der Waals surface area contributed by atoms with Gasteiger partial charge < -0.3 is 20.3 Å². The Bertz CT molecular complexity index is 1060. The number of hydrogen-bond acceptors (Lipinski definition) is 5. The van der Waals surface area contributed by atoms with Crippen LogP contribution >= 0.6 is 0 Å². The predicted molar refractivity (Wildman–Crippen MR) is 127 cm³/mol. The van der Waals surface area contributed by atoms with Crippen LogP contribution in [0.5, 0.6) is 0 Å². The van der Waals surface area contributed by atoms with Crippen molar-refractivity contribution in [2.45, 2.75) is 50.8 Å². The van der Waals surface area contributed by atoms with Crippen LogP contribution < -0.4 is 15.5 Å². The summed E-state index contributed by atoms with van der Waals surface area (Å²) in [6.45, 7) is 3.04. The van der Waals surface area contributed by atoms with Gasteiger partial charge in [-0.15, -0.1) is 0 Å². The summed E-state index contributed by atoms with van der Waals surface area (Å²) in [5, 5.41) is 15.7. The lowest BCUT2D eigenvalue weighted by atomic mass is 9.95. The van der Waals surface area contributed by atoms with Crippen molar-refractivity contribution in [1.29, 1.82) is 5.26 Å². The second-order valence-corrected chi connectivity index (χ2v) is 8.84. The molecule has 0 spiro atoms. The summed E-state index contributed by atoms with van der Waals surface area (Å²) in [6, 6.07) is 16.1. The first-order chi connectivity index (χ1) is 15.9. The zero-order valence-electron chi connectivity index (χ0n) is 19.1. The van der Waals surface area contributed by atoms with E-state index in [1.165, 1.54) is 5.56 Å². The third-order valence-corrected chi connectivity index (χ3v) is 6.44. The predicted octanol–water partition coefficient (Wildman–Crippen LogP) is 2.58. The van der Waals surface area contributed by atoms with E-state index in [0.717, 1.165) is 35.2 Å². The van der Waals surface area contributed by atoms with E-state index in [-0.39, 0.29) is 11.8 Å². The second kappa shape index (κ2) is 10.2. The zero-order chi connectivity index (χ0) is 23.4. The molecule has 2 aromatic carbocycles. The summed E-state index contributed by atoms with van der Waals surface area (Å²) >= 11 is 0. The van der Waals surface area contributed by atoms with E-state index in [0.29, 0.717) is 32.0 Å². The molecule has 172 valence electrons. The van der Waals surface area contributed by atoms with Gasteiger partial charge in [-0.1, -0.05) is 30.3 Å². The number of hydrogen-bond donors (Lipinski definition) is 2. The highest BCUT2D eigenvalue weighted by molar-refractivity contribution is 5.96. The Labute approximate surface area is 194 Å². The van der Waals surface area contributed by atoms with Crippen LogP contribution in [0.1, 0.15) is 30.9 Å². The third-order valence-electron chi connectivity index (χ3n) is 6.44.